The van der Waals surface area contributed by atoms with Crippen molar-refractivity contribution in [3.05, 3.63) is 23.8 Å². The number of hydrogen-bond donors (Lipinski definition) is 1. The fourth-order valence-electron chi connectivity index (χ4n) is 3.48. The van der Waals surface area contributed by atoms with Gasteiger partial charge in [0.25, 0.3) is 5.91 Å². The van der Waals surface area contributed by atoms with Crippen molar-refractivity contribution in [2.45, 2.75) is 6.04 Å². The van der Waals surface area contributed by atoms with Crippen LogP contribution in [0.25, 0.3) is 0 Å². The third kappa shape index (κ3) is 4.05. The number of methoxy groups -OCH3 is 1. The quantitative estimate of drug-likeness (QED) is 0.831. The van der Waals surface area contributed by atoms with Crippen LogP contribution >= 0.6 is 0 Å². The molecule has 2 atom stereocenters. The van der Waals surface area contributed by atoms with Crippen molar-refractivity contribution in [2.75, 3.05) is 60.2 Å². The summed E-state index contributed by atoms with van der Waals surface area (Å²) in [5.74, 6) is 1.49. The lowest BCUT2D eigenvalue weighted by atomic mass is 10.1. The Hall–Kier alpha value is -1.83. The molecule has 0 unspecified atom stereocenters. The zero-order valence-electron chi connectivity index (χ0n) is 14.9. The summed E-state index contributed by atoms with van der Waals surface area (Å²) in [5.41, 5.74) is 6.10. The Morgan fingerprint density at radius 3 is 2.92 bits per heavy atom. The minimum atomic E-state index is -0.0122. The second-order valence-electron chi connectivity index (χ2n) is 6.71. The molecule has 0 spiro atoms. The van der Waals surface area contributed by atoms with E-state index in [1.54, 1.807) is 25.3 Å². The lowest BCUT2D eigenvalue weighted by Crippen LogP contribution is -2.44. The molecule has 2 bridgehead atoms. The number of nitrogens with zero attached hydrogens (tertiary/aromatic N) is 2. The highest BCUT2D eigenvalue weighted by Crippen LogP contribution is 2.28. The molecule has 0 saturated carbocycles. The number of amides is 1. The second-order valence-corrected chi connectivity index (χ2v) is 6.71. The summed E-state index contributed by atoms with van der Waals surface area (Å²) in [5, 5.41) is 0. The molecule has 0 aliphatic carbocycles. The fourth-order valence-corrected chi connectivity index (χ4v) is 3.48. The third-order valence-corrected chi connectivity index (χ3v) is 4.82. The standard InChI is InChI=1S/C18H27N3O4/c1-20-8-13-9-21(10-14(20)12-24-11-13)18(22)16-4-3-15(23-2)7-17(16)25-6-5-19/h3-4,7,13-14H,5-6,8-12,19H2,1-2H3/t13-,14+/m1/s1. The van der Waals surface area contributed by atoms with Crippen molar-refractivity contribution < 1.29 is 19.0 Å². The Morgan fingerprint density at radius 2 is 2.16 bits per heavy atom. The molecule has 2 heterocycles. The normalized spacial score (nSPS) is 23.9. The van der Waals surface area contributed by atoms with E-state index in [4.69, 9.17) is 19.9 Å². The first kappa shape index (κ1) is 18.0. The Labute approximate surface area is 148 Å². The van der Waals surface area contributed by atoms with E-state index in [2.05, 4.69) is 11.9 Å². The first-order valence-electron chi connectivity index (χ1n) is 8.70. The lowest BCUT2D eigenvalue weighted by Gasteiger charge is -2.30. The topological polar surface area (TPSA) is 77.3 Å². The van der Waals surface area contributed by atoms with Crippen molar-refractivity contribution in [1.82, 2.24) is 9.80 Å². The summed E-state index contributed by atoms with van der Waals surface area (Å²) in [6.45, 7) is 4.42. The molecule has 2 aliphatic rings. The maximum atomic E-state index is 13.2. The molecular weight excluding hydrogens is 322 g/mol. The summed E-state index contributed by atoms with van der Waals surface area (Å²) < 4.78 is 16.7. The van der Waals surface area contributed by atoms with Crippen LogP contribution in [0.15, 0.2) is 18.2 Å². The molecule has 2 N–H and O–H groups in total. The van der Waals surface area contributed by atoms with Crippen LogP contribution in [-0.4, -0.2) is 81.9 Å². The Bertz CT molecular complexity index is 610. The van der Waals surface area contributed by atoms with Gasteiger partial charge in [-0.3, -0.25) is 9.69 Å². The molecule has 1 aromatic carbocycles. The summed E-state index contributed by atoms with van der Waals surface area (Å²) >= 11 is 0. The highest BCUT2D eigenvalue weighted by atomic mass is 16.5. The van der Waals surface area contributed by atoms with Crippen LogP contribution in [0.2, 0.25) is 0 Å². The van der Waals surface area contributed by atoms with Gasteiger partial charge < -0.3 is 24.8 Å². The van der Waals surface area contributed by atoms with Crippen LogP contribution < -0.4 is 15.2 Å². The van der Waals surface area contributed by atoms with Gasteiger partial charge in [0.05, 0.1) is 31.9 Å². The largest absolute Gasteiger partial charge is 0.497 e. The van der Waals surface area contributed by atoms with E-state index >= 15 is 0 Å². The Morgan fingerprint density at radius 1 is 1.32 bits per heavy atom. The number of rotatable bonds is 5. The molecule has 7 nitrogen and oxygen atoms in total. The molecule has 0 aromatic heterocycles. The maximum Gasteiger partial charge on any atom is 0.257 e. The van der Waals surface area contributed by atoms with Gasteiger partial charge in [-0.25, -0.2) is 0 Å². The zero-order valence-corrected chi connectivity index (χ0v) is 14.9. The van der Waals surface area contributed by atoms with E-state index in [1.807, 2.05) is 4.90 Å². The van der Waals surface area contributed by atoms with Gasteiger partial charge in [-0.05, 0) is 19.2 Å². The number of carbonyl (C=O) groups is 1. The van der Waals surface area contributed by atoms with E-state index in [-0.39, 0.29) is 11.9 Å². The number of likely N-dealkylation sites (N-methyl/N-ethyl adjacent to an activating group) is 1. The molecular formula is C18H27N3O4. The Balaban J connectivity index is 1.84. The molecule has 25 heavy (non-hydrogen) atoms. The second kappa shape index (κ2) is 8.03. The van der Waals surface area contributed by atoms with Gasteiger partial charge in [0.15, 0.2) is 0 Å². The highest BCUT2D eigenvalue weighted by molar-refractivity contribution is 5.97. The van der Waals surface area contributed by atoms with Crippen LogP contribution in [-0.2, 0) is 4.74 Å². The van der Waals surface area contributed by atoms with Gasteiger partial charge in [0, 0.05) is 38.2 Å². The molecule has 2 saturated heterocycles. The summed E-state index contributed by atoms with van der Waals surface area (Å²) in [6, 6.07) is 5.53. The number of fused-ring (bicyclic) bond motifs is 3. The summed E-state index contributed by atoms with van der Waals surface area (Å²) in [6.07, 6.45) is 0. The molecule has 2 fully saturated rings. The number of benzene rings is 1. The molecule has 1 amide bonds. The first-order valence-corrected chi connectivity index (χ1v) is 8.70. The van der Waals surface area contributed by atoms with Gasteiger partial charge >= 0.3 is 0 Å². The van der Waals surface area contributed by atoms with Crippen LogP contribution in [0.4, 0.5) is 0 Å². The van der Waals surface area contributed by atoms with Gasteiger partial charge in [-0.15, -0.1) is 0 Å². The highest BCUT2D eigenvalue weighted by Gasteiger charge is 2.34. The average Bonchev–Trinajstić information content (AvgIpc) is 2.87. The maximum absolute atomic E-state index is 13.2. The first-order chi connectivity index (χ1) is 12.1. The molecule has 0 radical (unpaired) electrons. The predicted molar refractivity (Wildman–Crippen MR) is 94.2 cm³/mol. The SMILES string of the molecule is COc1ccc(C(=O)N2C[C@@H]3COC[C@H](C2)N(C)C3)c(OCCN)c1. The van der Waals surface area contributed by atoms with E-state index in [0.29, 0.717) is 62.4 Å². The molecule has 138 valence electrons. The number of ether oxygens (including phenoxy) is 3. The molecule has 2 aliphatic heterocycles. The van der Waals surface area contributed by atoms with Gasteiger partial charge in [0.1, 0.15) is 18.1 Å². The number of carbonyl (C=O) groups excluding carboxylic acids is 1. The average molecular weight is 349 g/mol. The predicted octanol–water partition coefficient (Wildman–Crippen LogP) is 0.435. The van der Waals surface area contributed by atoms with E-state index < -0.39 is 0 Å². The van der Waals surface area contributed by atoms with Crippen molar-refractivity contribution in [1.29, 1.82) is 0 Å². The lowest BCUT2D eigenvalue weighted by molar-refractivity contribution is 0.0431. The molecule has 3 rings (SSSR count). The monoisotopic (exact) mass is 349 g/mol. The molecule has 7 heteroatoms. The Kier molecular flexibility index (Phi) is 5.78. The van der Waals surface area contributed by atoms with Crippen LogP contribution in [0, 0.1) is 5.92 Å². The van der Waals surface area contributed by atoms with Crippen molar-refractivity contribution in [2.24, 2.45) is 11.7 Å². The van der Waals surface area contributed by atoms with E-state index in [0.717, 1.165) is 6.54 Å². The van der Waals surface area contributed by atoms with Crippen molar-refractivity contribution in [3.63, 3.8) is 0 Å². The summed E-state index contributed by atoms with van der Waals surface area (Å²) in [4.78, 5) is 17.4. The smallest absolute Gasteiger partial charge is 0.257 e. The van der Waals surface area contributed by atoms with E-state index in [9.17, 15) is 4.79 Å². The zero-order chi connectivity index (χ0) is 17.8. The van der Waals surface area contributed by atoms with Crippen molar-refractivity contribution in [3.8, 4) is 11.5 Å². The van der Waals surface area contributed by atoms with E-state index in [1.165, 1.54) is 0 Å². The van der Waals surface area contributed by atoms with Gasteiger partial charge in [0.2, 0.25) is 0 Å². The number of hydrogen-bond acceptors (Lipinski definition) is 6. The van der Waals surface area contributed by atoms with Gasteiger partial charge in [-0.2, -0.15) is 0 Å². The summed E-state index contributed by atoms with van der Waals surface area (Å²) in [7, 11) is 3.69. The van der Waals surface area contributed by atoms with Gasteiger partial charge in [-0.1, -0.05) is 0 Å². The number of nitrogens with two attached hydrogens (primary N) is 1. The minimum Gasteiger partial charge on any atom is -0.497 e. The van der Waals surface area contributed by atoms with Crippen LogP contribution in [0.5, 0.6) is 11.5 Å². The van der Waals surface area contributed by atoms with Crippen molar-refractivity contribution >= 4 is 5.91 Å². The minimum absolute atomic E-state index is 0.0122. The molecule has 1 aromatic rings. The third-order valence-electron chi connectivity index (χ3n) is 4.82. The van der Waals surface area contributed by atoms with Crippen LogP contribution in [0.1, 0.15) is 10.4 Å². The fraction of sp³-hybridized carbons (Fsp3) is 0.611. The van der Waals surface area contributed by atoms with Crippen LogP contribution in [0.3, 0.4) is 0 Å².